The van der Waals surface area contributed by atoms with Crippen LogP contribution in [0.5, 0.6) is 17.2 Å². The van der Waals surface area contributed by atoms with Gasteiger partial charge in [-0.1, -0.05) is 18.2 Å². The smallest absolute Gasteiger partial charge is 0.252 e. The maximum absolute atomic E-state index is 12.8. The monoisotopic (exact) mass is 369 g/mol. The van der Waals surface area contributed by atoms with Gasteiger partial charge in [-0.3, -0.25) is 4.79 Å². The summed E-state index contributed by atoms with van der Waals surface area (Å²) in [6.07, 6.45) is 4.78. The third-order valence-electron chi connectivity index (χ3n) is 5.15. The van der Waals surface area contributed by atoms with Gasteiger partial charge < -0.3 is 19.5 Å². The molecule has 1 N–H and O–H groups in total. The molecule has 0 bridgehead atoms. The topological polar surface area (TPSA) is 56.8 Å². The summed E-state index contributed by atoms with van der Waals surface area (Å²) < 4.78 is 16.0. The zero-order chi connectivity index (χ0) is 19.4. The Morgan fingerprint density at radius 3 is 2.15 bits per heavy atom. The van der Waals surface area contributed by atoms with E-state index in [1.807, 2.05) is 6.92 Å². The fourth-order valence-electron chi connectivity index (χ4n) is 3.60. The molecule has 3 rings (SSSR count). The average molecular weight is 369 g/mol. The highest BCUT2D eigenvalue weighted by molar-refractivity contribution is 5.95. The predicted octanol–water partition coefficient (Wildman–Crippen LogP) is 4.08. The number of amides is 1. The summed E-state index contributed by atoms with van der Waals surface area (Å²) in [5.74, 6) is 1.21. The normalized spacial score (nSPS) is 14.1. The molecule has 1 aliphatic carbocycles. The molecule has 5 nitrogen and oxygen atoms in total. The van der Waals surface area contributed by atoms with Gasteiger partial charge in [0.15, 0.2) is 11.5 Å². The number of fused-ring (bicyclic) bond motifs is 1. The van der Waals surface area contributed by atoms with Crippen molar-refractivity contribution in [1.82, 2.24) is 5.32 Å². The van der Waals surface area contributed by atoms with Gasteiger partial charge in [-0.25, -0.2) is 0 Å². The predicted molar refractivity (Wildman–Crippen MR) is 105 cm³/mol. The second kappa shape index (κ2) is 8.33. The Morgan fingerprint density at radius 2 is 1.56 bits per heavy atom. The van der Waals surface area contributed by atoms with Crippen LogP contribution in [0.3, 0.4) is 0 Å². The van der Waals surface area contributed by atoms with Gasteiger partial charge >= 0.3 is 0 Å². The number of carbonyl (C=O) groups is 1. The fourth-order valence-corrected chi connectivity index (χ4v) is 3.60. The van der Waals surface area contributed by atoms with Crippen molar-refractivity contribution in [3.8, 4) is 17.2 Å². The van der Waals surface area contributed by atoms with Crippen molar-refractivity contribution < 1.29 is 19.0 Å². The van der Waals surface area contributed by atoms with E-state index in [0.29, 0.717) is 22.8 Å². The molecule has 0 aromatic heterocycles. The van der Waals surface area contributed by atoms with Gasteiger partial charge in [0.1, 0.15) is 0 Å². The molecule has 27 heavy (non-hydrogen) atoms. The molecule has 0 spiro atoms. The van der Waals surface area contributed by atoms with Gasteiger partial charge in [0, 0.05) is 5.56 Å². The van der Waals surface area contributed by atoms with Crippen LogP contribution in [0, 0.1) is 0 Å². The molecule has 1 amide bonds. The van der Waals surface area contributed by atoms with E-state index in [2.05, 4.69) is 23.5 Å². The first kappa shape index (κ1) is 19.1. The Balaban J connectivity index is 1.80. The van der Waals surface area contributed by atoms with E-state index in [0.717, 1.165) is 18.4 Å². The molecule has 5 heteroatoms. The Labute approximate surface area is 160 Å². The molecule has 0 saturated carbocycles. The summed E-state index contributed by atoms with van der Waals surface area (Å²) in [5, 5.41) is 3.07. The molecular formula is C22H27NO4. The number of methoxy groups -OCH3 is 3. The van der Waals surface area contributed by atoms with E-state index in [9.17, 15) is 4.79 Å². The maximum atomic E-state index is 12.8. The van der Waals surface area contributed by atoms with Gasteiger partial charge in [0.2, 0.25) is 5.75 Å². The Morgan fingerprint density at radius 1 is 0.926 bits per heavy atom. The molecule has 144 valence electrons. The summed E-state index contributed by atoms with van der Waals surface area (Å²) in [7, 11) is 4.61. The average Bonchev–Trinajstić information content (AvgIpc) is 2.71. The van der Waals surface area contributed by atoms with Crippen LogP contribution in [0.1, 0.15) is 52.9 Å². The van der Waals surface area contributed by atoms with Crippen LogP contribution < -0.4 is 19.5 Å². The van der Waals surface area contributed by atoms with Crippen LogP contribution in [-0.2, 0) is 12.8 Å². The van der Waals surface area contributed by atoms with E-state index in [1.54, 1.807) is 12.1 Å². The van der Waals surface area contributed by atoms with E-state index in [1.165, 1.54) is 45.3 Å². The van der Waals surface area contributed by atoms with Gasteiger partial charge in [0.25, 0.3) is 5.91 Å². The first-order valence-electron chi connectivity index (χ1n) is 9.30. The second-order valence-electron chi connectivity index (χ2n) is 6.84. The number of rotatable bonds is 6. The molecule has 0 radical (unpaired) electrons. The van der Waals surface area contributed by atoms with E-state index >= 15 is 0 Å². The van der Waals surface area contributed by atoms with Crippen molar-refractivity contribution in [3.05, 3.63) is 52.6 Å². The second-order valence-corrected chi connectivity index (χ2v) is 6.84. The quantitative estimate of drug-likeness (QED) is 0.833. The van der Waals surface area contributed by atoms with Crippen LogP contribution >= 0.6 is 0 Å². The number of aryl methyl sites for hydroxylation is 2. The van der Waals surface area contributed by atoms with Crippen LogP contribution in [0.15, 0.2) is 30.3 Å². The molecule has 0 aliphatic heterocycles. The summed E-state index contributed by atoms with van der Waals surface area (Å²) in [5.41, 5.74) is 4.44. The first-order chi connectivity index (χ1) is 13.1. The Kier molecular flexibility index (Phi) is 5.89. The number of benzene rings is 2. The van der Waals surface area contributed by atoms with Crippen LogP contribution in [0.2, 0.25) is 0 Å². The Hall–Kier alpha value is -2.69. The molecule has 0 heterocycles. The minimum absolute atomic E-state index is 0.0937. The maximum Gasteiger partial charge on any atom is 0.252 e. The lowest BCUT2D eigenvalue weighted by Gasteiger charge is -2.20. The van der Waals surface area contributed by atoms with Crippen molar-refractivity contribution in [2.45, 2.75) is 38.6 Å². The summed E-state index contributed by atoms with van der Waals surface area (Å²) in [4.78, 5) is 12.8. The van der Waals surface area contributed by atoms with E-state index < -0.39 is 0 Å². The van der Waals surface area contributed by atoms with Gasteiger partial charge in [-0.15, -0.1) is 0 Å². The molecule has 2 aromatic carbocycles. The summed E-state index contributed by atoms with van der Waals surface area (Å²) >= 11 is 0. The molecule has 0 fully saturated rings. The Bertz CT molecular complexity index is 806. The minimum atomic E-state index is -0.181. The molecular weight excluding hydrogens is 342 g/mol. The van der Waals surface area contributed by atoms with Crippen molar-refractivity contribution >= 4 is 5.91 Å². The molecule has 1 unspecified atom stereocenters. The first-order valence-corrected chi connectivity index (χ1v) is 9.30. The minimum Gasteiger partial charge on any atom is -0.493 e. The van der Waals surface area contributed by atoms with Crippen LogP contribution in [0.25, 0.3) is 0 Å². The van der Waals surface area contributed by atoms with Gasteiger partial charge in [0.05, 0.1) is 27.4 Å². The number of hydrogen-bond donors (Lipinski definition) is 1. The zero-order valence-electron chi connectivity index (χ0n) is 16.4. The van der Waals surface area contributed by atoms with Gasteiger partial charge in [-0.05, 0) is 61.4 Å². The highest BCUT2D eigenvalue weighted by Crippen LogP contribution is 2.38. The highest BCUT2D eigenvalue weighted by Gasteiger charge is 2.19. The van der Waals surface area contributed by atoms with Crippen molar-refractivity contribution in [2.75, 3.05) is 21.3 Å². The number of carbonyl (C=O) groups excluding carboxylic acids is 1. The largest absolute Gasteiger partial charge is 0.493 e. The SMILES string of the molecule is COc1cc(C(=O)NC(C)c2ccc3c(c2)CCCC3)cc(OC)c1OC. The van der Waals surface area contributed by atoms with Crippen molar-refractivity contribution in [2.24, 2.45) is 0 Å². The molecule has 2 aromatic rings. The third-order valence-corrected chi connectivity index (χ3v) is 5.15. The number of ether oxygens (including phenoxy) is 3. The lowest BCUT2D eigenvalue weighted by molar-refractivity contribution is 0.0939. The lowest BCUT2D eigenvalue weighted by Crippen LogP contribution is -2.27. The fraction of sp³-hybridized carbons (Fsp3) is 0.409. The highest BCUT2D eigenvalue weighted by atomic mass is 16.5. The van der Waals surface area contributed by atoms with Gasteiger partial charge in [-0.2, -0.15) is 0 Å². The third kappa shape index (κ3) is 4.02. The summed E-state index contributed by atoms with van der Waals surface area (Å²) in [6, 6.07) is 9.78. The molecule has 0 saturated heterocycles. The number of nitrogens with one attached hydrogen (secondary N) is 1. The van der Waals surface area contributed by atoms with E-state index in [-0.39, 0.29) is 11.9 Å². The van der Waals surface area contributed by atoms with Crippen molar-refractivity contribution in [1.29, 1.82) is 0 Å². The zero-order valence-corrected chi connectivity index (χ0v) is 16.4. The van der Waals surface area contributed by atoms with Crippen molar-refractivity contribution in [3.63, 3.8) is 0 Å². The lowest BCUT2D eigenvalue weighted by atomic mass is 9.89. The molecule has 1 atom stereocenters. The van der Waals surface area contributed by atoms with E-state index in [4.69, 9.17) is 14.2 Å². The molecule has 1 aliphatic rings. The summed E-state index contributed by atoms with van der Waals surface area (Å²) in [6.45, 7) is 2.00. The standard InChI is InChI=1S/C22H27NO4/c1-14(16-10-9-15-7-5-6-8-17(15)11-16)23-22(24)18-12-19(25-2)21(27-4)20(13-18)26-3/h9-14H,5-8H2,1-4H3,(H,23,24). The number of hydrogen-bond acceptors (Lipinski definition) is 4. The van der Waals surface area contributed by atoms with Crippen LogP contribution in [0.4, 0.5) is 0 Å². The van der Waals surface area contributed by atoms with Crippen LogP contribution in [-0.4, -0.2) is 27.2 Å².